The molecule has 2 aromatic rings. The molecule has 0 atom stereocenters. The maximum atomic E-state index is 13.9. The number of guanidine groups is 1. The molecule has 0 bridgehead atoms. The minimum atomic E-state index is -0.322. The van der Waals surface area contributed by atoms with Gasteiger partial charge in [0.1, 0.15) is 6.54 Å². The van der Waals surface area contributed by atoms with Gasteiger partial charge in [-0.15, -0.1) is 0 Å². The van der Waals surface area contributed by atoms with E-state index in [1.54, 1.807) is 19.1 Å². The average Bonchev–Trinajstić information content (AvgIpc) is 3.11. The van der Waals surface area contributed by atoms with E-state index in [0.29, 0.717) is 24.8 Å². The van der Waals surface area contributed by atoms with Gasteiger partial charge < -0.3 is 19.5 Å². The summed E-state index contributed by atoms with van der Waals surface area (Å²) < 4.78 is 23.9. The van der Waals surface area contributed by atoms with Crippen LogP contribution in [0.5, 0.6) is 5.75 Å². The molecule has 0 amide bonds. The Labute approximate surface area is 164 Å². The zero-order valence-corrected chi connectivity index (χ0v) is 16.6. The maximum absolute atomic E-state index is 13.9. The second-order valence-corrected chi connectivity index (χ2v) is 6.63. The van der Waals surface area contributed by atoms with E-state index < -0.39 is 0 Å². The van der Waals surface area contributed by atoms with Gasteiger partial charge in [-0.3, -0.25) is 4.90 Å². The van der Waals surface area contributed by atoms with Crippen LogP contribution >= 0.6 is 0 Å². The summed E-state index contributed by atoms with van der Waals surface area (Å²) in [4.78, 5) is 13.3. The second kappa shape index (κ2) is 9.50. The first-order valence-electron chi connectivity index (χ1n) is 9.46. The van der Waals surface area contributed by atoms with Crippen molar-refractivity contribution in [1.29, 1.82) is 0 Å². The van der Waals surface area contributed by atoms with Gasteiger partial charge in [0.2, 0.25) is 5.89 Å². The highest BCUT2D eigenvalue weighted by Crippen LogP contribution is 2.19. The monoisotopic (exact) mass is 390 g/mol. The molecular formula is C19H27FN6O2. The molecular weight excluding hydrogens is 363 g/mol. The van der Waals surface area contributed by atoms with Gasteiger partial charge in [0, 0.05) is 46.2 Å². The van der Waals surface area contributed by atoms with Gasteiger partial charge in [0.25, 0.3) is 0 Å². The molecule has 1 saturated heterocycles. The van der Waals surface area contributed by atoms with E-state index >= 15 is 0 Å². The lowest BCUT2D eigenvalue weighted by Gasteiger charge is -2.36. The summed E-state index contributed by atoms with van der Waals surface area (Å²) in [6, 6.07) is 5.13. The predicted molar refractivity (Wildman–Crippen MR) is 104 cm³/mol. The number of nitrogens with zero attached hydrogens (tertiary/aromatic N) is 5. The summed E-state index contributed by atoms with van der Waals surface area (Å²) in [5, 5.41) is 7.21. The first-order chi connectivity index (χ1) is 13.6. The normalized spacial score (nSPS) is 15.7. The fourth-order valence-corrected chi connectivity index (χ4v) is 3.16. The van der Waals surface area contributed by atoms with Gasteiger partial charge in [0.15, 0.2) is 23.4 Å². The van der Waals surface area contributed by atoms with Crippen LogP contribution < -0.4 is 10.1 Å². The van der Waals surface area contributed by atoms with Crippen LogP contribution in [0.4, 0.5) is 4.39 Å². The molecule has 0 radical (unpaired) electrons. The molecule has 1 aromatic carbocycles. The van der Waals surface area contributed by atoms with Crippen LogP contribution in [0.25, 0.3) is 0 Å². The lowest BCUT2D eigenvalue weighted by Crippen LogP contribution is -2.52. The van der Waals surface area contributed by atoms with Gasteiger partial charge in [-0.1, -0.05) is 11.2 Å². The summed E-state index contributed by atoms with van der Waals surface area (Å²) in [7, 11) is 1.47. The molecule has 2 heterocycles. The van der Waals surface area contributed by atoms with Gasteiger partial charge in [0.05, 0.1) is 7.11 Å². The van der Waals surface area contributed by atoms with E-state index in [1.165, 1.54) is 7.11 Å². The highest BCUT2D eigenvalue weighted by molar-refractivity contribution is 5.80. The van der Waals surface area contributed by atoms with E-state index in [-0.39, 0.29) is 11.6 Å². The van der Waals surface area contributed by atoms with Crippen LogP contribution in [0, 0.1) is 12.7 Å². The molecule has 9 heteroatoms. The Hall–Kier alpha value is -2.68. The Balaban J connectivity index is 1.55. The SMILES string of the molecule is CCNC(=NCc1noc(C)n1)N1CCN(Cc2ccc(OC)c(F)c2)CC1. The zero-order valence-electron chi connectivity index (χ0n) is 16.6. The molecule has 28 heavy (non-hydrogen) atoms. The minimum Gasteiger partial charge on any atom is -0.494 e. The average molecular weight is 390 g/mol. The van der Waals surface area contributed by atoms with Crippen molar-refractivity contribution in [2.45, 2.75) is 26.9 Å². The van der Waals surface area contributed by atoms with Gasteiger partial charge in [-0.25, -0.2) is 9.38 Å². The Morgan fingerprint density at radius 3 is 2.71 bits per heavy atom. The van der Waals surface area contributed by atoms with Crippen molar-refractivity contribution >= 4 is 5.96 Å². The van der Waals surface area contributed by atoms with E-state index in [2.05, 4.69) is 30.2 Å². The molecule has 1 aliphatic heterocycles. The molecule has 1 aromatic heterocycles. The van der Waals surface area contributed by atoms with Crippen molar-refractivity contribution in [1.82, 2.24) is 25.3 Å². The fourth-order valence-electron chi connectivity index (χ4n) is 3.16. The van der Waals surface area contributed by atoms with Gasteiger partial charge in [-0.05, 0) is 24.6 Å². The molecule has 0 saturated carbocycles. The van der Waals surface area contributed by atoms with Crippen molar-refractivity contribution < 1.29 is 13.7 Å². The Morgan fingerprint density at radius 1 is 1.32 bits per heavy atom. The third kappa shape index (κ3) is 5.19. The summed E-state index contributed by atoms with van der Waals surface area (Å²) >= 11 is 0. The standard InChI is InChI=1S/C19H27FN6O2/c1-4-21-19(22-12-18-23-14(2)28-24-18)26-9-7-25(8-10-26)13-15-5-6-17(27-3)16(20)11-15/h5-6,11H,4,7-10,12-13H2,1-3H3,(H,21,22). The summed E-state index contributed by atoms with van der Waals surface area (Å²) in [5.74, 6) is 1.92. The lowest BCUT2D eigenvalue weighted by molar-refractivity contribution is 0.172. The van der Waals surface area contributed by atoms with Crippen molar-refractivity contribution in [2.24, 2.45) is 4.99 Å². The number of rotatable bonds is 6. The van der Waals surface area contributed by atoms with E-state index in [1.807, 2.05) is 13.0 Å². The number of halogens is 1. The van der Waals surface area contributed by atoms with E-state index in [0.717, 1.165) is 44.2 Å². The molecule has 8 nitrogen and oxygen atoms in total. The summed E-state index contributed by atoms with van der Waals surface area (Å²) in [5.41, 5.74) is 0.944. The second-order valence-electron chi connectivity index (χ2n) is 6.63. The van der Waals surface area contributed by atoms with Crippen molar-refractivity contribution in [3.05, 3.63) is 41.3 Å². The number of hydrogen-bond donors (Lipinski definition) is 1. The number of methoxy groups -OCH3 is 1. The maximum Gasteiger partial charge on any atom is 0.223 e. The Kier molecular flexibility index (Phi) is 6.80. The number of benzene rings is 1. The number of ether oxygens (including phenoxy) is 1. The molecule has 1 aliphatic rings. The number of hydrogen-bond acceptors (Lipinski definition) is 6. The highest BCUT2D eigenvalue weighted by atomic mass is 19.1. The molecule has 0 spiro atoms. The molecule has 152 valence electrons. The van der Waals surface area contributed by atoms with Crippen LogP contribution in [-0.4, -0.2) is 65.7 Å². The molecule has 1 N–H and O–H groups in total. The number of aliphatic imine (C=N–C) groups is 1. The predicted octanol–water partition coefficient (Wildman–Crippen LogP) is 1.81. The fraction of sp³-hybridized carbons (Fsp3) is 0.526. The molecule has 0 aliphatic carbocycles. The largest absolute Gasteiger partial charge is 0.494 e. The summed E-state index contributed by atoms with van der Waals surface area (Å²) in [6.45, 7) is 9.12. The molecule has 0 unspecified atom stereocenters. The first kappa shape index (κ1) is 20.1. The number of aryl methyl sites for hydroxylation is 1. The van der Waals surface area contributed by atoms with Crippen LogP contribution in [0.15, 0.2) is 27.7 Å². The van der Waals surface area contributed by atoms with Crippen molar-refractivity contribution in [3.63, 3.8) is 0 Å². The minimum absolute atomic E-state index is 0.275. The lowest BCUT2D eigenvalue weighted by atomic mass is 10.2. The summed E-state index contributed by atoms with van der Waals surface area (Å²) in [6.07, 6.45) is 0. The van der Waals surface area contributed by atoms with Gasteiger partial charge in [-0.2, -0.15) is 4.98 Å². The van der Waals surface area contributed by atoms with Crippen LogP contribution in [-0.2, 0) is 13.1 Å². The number of nitrogens with one attached hydrogen (secondary N) is 1. The van der Waals surface area contributed by atoms with E-state index in [9.17, 15) is 4.39 Å². The van der Waals surface area contributed by atoms with Crippen LogP contribution in [0.3, 0.4) is 0 Å². The van der Waals surface area contributed by atoms with Crippen molar-refractivity contribution in [2.75, 3.05) is 39.8 Å². The third-order valence-electron chi connectivity index (χ3n) is 4.57. The zero-order chi connectivity index (χ0) is 19.9. The third-order valence-corrected chi connectivity index (χ3v) is 4.57. The quantitative estimate of drug-likeness (QED) is 0.595. The first-order valence-corrected chi connectivity index (χ1v) is 9.46. The number of piperazine rings is 1. The van der Waals surface area contributed by atoms with Gasteiger partial charge >= 0.3 is 0 Å². The number of aromatic nitrogens is 2. The van der Waals surface area contributed by atoms with E-state index in [4.69, 9.17) is 9.26 Å². The Morgan fingerprint density at radius 2 is 2.11 bits per heavy atom. The smallest absolute Gasteiger partial charge is 0.223 e. The molecule has 3 rings (SSSR count). The van der Waals surface area contributed by atoms with Crippen LogP contribution in [0.2, 0.25) is 0 Å². The molecule has 1 fully saturated rings. The van der Waals surface area contributed by atoms with Crippen LogP contribution in [0.1, 0.15) is 24.2 Å². The highest BCUT2D eigenvalue weighted by Gasteiger charge is 2.20. The van der Waals surface area contributed by atoms with Crippen molar-refractivity contribution in [3.8, 4) is 5.75 Å². The Bertz CT molecular complexity index is 801. The topological polar surface area (TPSA) is 79.0 Å².